The molecule has 0 radical (unpaired) electrons. The number of aliphatic imine (C=N–C) groups is 1. The Kier molecular flexibility index (Phi) is 2.50. The van der Waals surface area contributed by atoms with Crippen LogP contribution in [0.15, 0.2) is 53.0 Å². The number of nitrogens with zero attached hydrogens (tertiary/aromatic N) is 1. The molecule has 2 aliphatic rings. The summed E-state index contributed by atoms with van der Waals surface area (Å²) in [6, 6.07) is 14.7. The van der Waals surface area contributed by atoms with Crippen LogP contribution in [0.4, 0.5) is 0 Å². The van der Waals surface area contributed by atoms with Crippen LogP contribution in [0.25, 0.3) is 16.8 Å². The van der Waals surface area contributed by atoms with Crippen molar-refractivity contribution in [2.45, 2.75) is 12.5 Å². The smallest absolute Gasteiger partial charge is 0.281 e. The average molecular weight is 277 g/mol. The summed E-state index contributed by atoms with van der Waals surface area (Å²) < 4.78 is 0. The highest BCUT2D eigenvalue weighted by Gasteiger charge is 2.47. The number of amides is 1. The van der Waals surface area contributed by atoms with E-state index in [0.29, 0.717) is 12.3 Å². The van der Waals surface area contributed by atoms with Gasteiger partial charge in [-0.15, -0.1) is 0 Å². The van der Waals surface area contributed by atoms with E-state index in [1.54, 1.807) is 0 Å². The van der Waals surface area contributed by atoms with Crippen molar-refractivity contribution in [3.63, 3.8) is 0 Å². The van der Waals surface area contributed by atoms with Gasteiger partial charge in [0.15, 0.2) is 0 Å². The molecule has 4 rings (SSSR count). The number of carbonyl (C=O) groups is 1. The molecule has 2 aliphatic heterocycles. The molecule has 0 aliphatic carbocycles. The van der Waals surface area contributed by atoms with Gasteiger partial charge >= 0.3 is 0 Å². The van der Waals surface area contributed by atoms with E-state index in [1.165, 1.54) is 10.8 Å². The van der Waals surface area contributed by atoms with Gasteiger partial charge in [-0.1, -0.05) is 42.5 Å². The number of fused-ring (bicyclic) bond motifs is 2. The standard InChI is InChI=1S/C17H15N3O/c1-17-14(10-18-15(17)16(21)19-20-17)9-11-6-7-12-4-2-3-5-13(12)8-11/h2-9,20H,10H2,1H3,(H,19,21)/b14-9-. The van der Waals surface area contributed by atoms with E-state index in [1.807, 2.05) is 19.1 Å². The topological polar surface area (TPSA) is 53.5 Å². The predicted octanol–water partition coefficient (Wildman–Crippen LogP) is 2.07. The number of hydrazine groups is 1. The van der Waals surface area contributed by atoms with Crippen LogP contribution in [0, 0.1) is 0 Å². The number of rotatable bonds is 1. The lowest BCUT2D eigenvalue weighted by Gasteiger charge is -2.20. The number of carbonyl (C=O) groups excluding carboxylic acids is 1. The number of hydrogen-bond donors (Lipinski definition) is 2. The van der Waals surface area contributed by atoms with Crippen molar-refractivity contribution < 1.29 is 4.79 Å². The highest BCUT2D eigenvalue weighted by atomic mass is 16.2. The molecule has 2 heterocycles. The van der Waals surface area contributed by atoms with Crippen LogP contribution < -0.4 is 10.9 Å². The molecular weight excluding hydrogens is 262 g/mol. The Bertz CT molecular complexity index is 822. The fraction of sp³-hybridized carbons (Fsp3) is 0.176. The van der Waals surface area contributed by atoms with Gasteiger partial charge in [-0.3, -0.25) is 15.2 Å². The maximum absolute atomic E-state index is 11.7. The van der Waals surface area contributed by atoms with Crippen molar-refractivity contribution in [2.24, 2.45) is 4.99 Å². The van der Waals surface area contributed by atoms with Gasteiger partial charge in [0.2, 0.25) is 0 Å². The zero-order valence-corrected chi connectivity index (χ0v) is 11.7. The van der Waals surface area contributed by atoms with Gasteiger partial charge in [-0.05, 0) is 34.9 Å². The summed E-state index contributed by atoms with van der Waals surface area (Å²) in [5, 5.41) is 2.44. The SMILES string of the molecule is CC12NNC(=O)C1=NC/C2=C/c1ccc2ccccc2c1. The normalized spacial score (nSPS) is 26.0. The van der Waals surface area contributed by atoms with Gasteiger partial charge < -0.3 is 0 Å². The Morgan fingerprint density at radius 2 is 2.00 bits per heavy atom. The monoisotopic (exact) mass is 277 g/mol. The van der Waals surface area contributed by atoms with E-state index >= 15 is 0 Å². The van der Waals surface area contributed by atoms with Crippen molar-refractivity contribution in [1.82, 2.24) is 10.9 Å². The maximum atomic E-state index is 11.7. The first-order valence-electron chi connectivity index (χ1n) is 6.99. The lowest BCUT2D eigenvalue weighted by molar-refractivity contribution is -0.114. The molecule has 1 amide bonds. The van der Waals surface area contributed by atoms with Crippen molar-refractivity contribution in [3.8, 4) is 0 Å². The highest BCUT2D eigenvalue weighted by molar-refractivity contribution is 6.45. The lowest BCUT2D eigenvalue weighted by Crippen LogP contribution is -2.44. The zero-order chi connectivity index (χ0) is 14.4. The number of hydrogen-bond acceptors (Lipinski definition) is 3. The fourth-order valence-corrected chi connectivity index (χ4v) is 3.00. The molecule has 0 saturated carbocycles. The molecule has 4 nitrogen and oxygen atoms in total. The van der Waals surface area contributed by atoms with Gasteiger partial charge in [0.1, 0.15) is 11.3 Å². The van der Waals surface area contributed by atoms with Gasteiger partial charge in [0.05, 0.1) is 6.54 Å². The molecule has 1 saturated heterocycles. The Balaban J connectivity index is 1.76. The Hall–Kier alpha value is -2.46. The predicted molar refractivity (Wildman–Crippen MR) is 83.9 cm³/mol. The Morgan fingerprint density at radius 3 is 2.86 bits per heavy atom. The summed E-state index contributed by atoms with van der Waals surface area (Å²) in [7, 11) is 0. The number of nitrogens with one attached hydrogen (secondary N) is 2. The second-order valence-corrected chi connectivity index (χ2v) is 5.65. The fourth-order valence-electron chi connectivity index (χ4n) is 3.00. The zero-order valence-electron chi connectivity index (χ0n) is 11.7. The molecule has 104 valence electrons. The molecule has 1 atom stereocenters. The van der Waals surface area contributed by atoms with Crippen molar-refractivity contribution in [2.75, 3.05) is 6.54 Å². The molecule has 0 spiro atoms. The van der Waals surface area contributed by atoms with Gasteiger partial charge in [-0.25, -0.2) is 5.43 Å². The molecule has 0 aromatic heterocycles. The van der Waals surface area contributed by atoms with Crippen LogP contribution in [0.3, 0.4) is 0 Å². The minimum atomic E-state index is -0.483. The van der Waals surface area contributed by atoms with E-state index in [-0.39, 0.29) is 5.91 Å². The van der Waals surface area contributed by atoms with E-state index < -0.39 is 5.54 Å². The summed E-state index contributed by atoms with van der Waals surface area (Å²) in [4.78, 5) is 16.1. The van der Waals surface area contributed by atoms with Gasteiger partial charge in [0, 0.05) is 0 Å². The van der Waals surface area contributed by atoms with Crippen LogP contribution in [0.2, 0.25) is 0 Å². The maximum Gasteiger partial charge on any atom is 0.281 e. The van der Waals surface area contributed by atoms with E-state index in [2.05, 4.69) is 52.3 Å². The molecule has 0 bridgehead atoms. The minimum Gasteiger partial charge on any atom is -0.285 e. The summed E-state index contributed by atoms with van der Waals surface area (Å²) in [6.07, 6.45) is 2.12. The molecular formula is C17H15N3O. The largest absolute Gasteiger partial charge is 0.285 e. The summed E-state index contributed by atoms with van der Waals surface area (Å²) >= 11 is 0. The molecule has 2 aromatic rings. The molecule has 2 N–H and O–H groups in total. The third kappa shape index (κ3) is 1.80. The summed E-state index contributed by atoms with van der Waals surface area (Å²) in [6.45, 7) is 2.56. The Labute approximate surface area is 122 Å². The third-order valence-corrected chi connectivity index (χ3v) is 4.28. The highest BCUT2D eigenvalue weighted by Crippen LogP contribution is 2.30. The quantitative estimate of drug-likeness (QED) is 0.838. The molecule has 4 heteroatoms. The second-order valence-electron chi connectivity index (χ2n) is 5.65. The van der Waals surface area contributed by atoms with Crippen molar-refractivity contribution >= 4 is 28.5 Å². The summed E-state index contributed by atoms with van der Waals surface area (Å²) in [5.41, 5.74) is 8.03. The van der Waals surface area contributed by atoms with Crippen LogP contribution in [0.1, 0.15) is 12.5 Å². The van der Waals surface area contributed by atoms with Crippen LogP contribution >= 0.6 is 0 Å². The van der Waals surface area contributed by atoms with E-state index in [0.717, 1.165) is 11.1 Å². The molecule has 1 unspecified atom stereocenters. The first-order valence-corrected chi connectivity index (χ1v) is 6.99. The first-order chi connectivity index (χ1) is 10.2. The van der Waals surface area contributed by atoms with Gasteiger partial charge in [0.25, 0.3) is 5.91 Å². The molecule has 1 fully saturated rings. The van der Waals surface area contributed by atoms with Crippen LogP contribution in [-0.4, -0.2) is 23.7 Å². The third-order valence-electron chi connectivity index (χ3n) is 4.28. The Morgan fingerprint density at radius 1 is 1.19 bits per heavy atom. The summed E-state index contributed by atoms with van der Waals surface area (Å²) in [5.74, 6) is -0.126. The van der Waals surface area contributed by atoms with Crippen LogP contribution in [-0.2, 0) is 4.79 Å². The van der Waals surface area contributed by atoms with Gasteiger partial charge in [-0.2, -0.15) is 0 Å². The molecule has 2 aromatic carbocycles. The van der Waals surface area contributed by atoms with E-state index in [4.69, 9.17) is 0 Å². The average Bonchev–Trinajstić information content (AvgIpc) is 2.97. The molecule has 21 heavy (non-hydrogen) atoms. The minimum absolute atomic E-state index is 0.126. The van der Waals surface area contributed by atoms with Crippen molar-refractivity contribution in [1.29, 1.82) is 0 Å². The second kappa shape index (κ2) is 4.27. The first kappa shape index (κ1) is 12.3. The lowest BCUT2D eigenvalue weighted by atomic mass is 9.89. The van der Waals surface area contributed by atoms with E-state index in [9.17, 15) is 4.79 Å². The number of benzene rings is 2. The van der Waals surface area contributed by atoms with Crippen LogP contribution in [0.5, 0.6) is 0 Å². The van der Waals surface area contributed by atoms with Crippen molar-refractivity contribution in [3.05, 3.63) is 53.6 Å².